The van der Waals surface area contributed by atoms with E-state index in [0.717, 1.165) is 0 Å². The summed E-state index contributed by atoms with van der Waals surface area (Å²) in [6.45, 7) is 1.70. The number of carbonyl (C=O) groups is 1. The number of aromatic carboxylic acids is 1. The molecule has 3 aromatic rings. The Morgan fingerprint density at radius 3 is 2.38 bits per heavy atom. The second-order valence-corrected chi connectivity index (χ2v) is 7.40. The number of ether oxygens (including phenoxy) is 1. The molecule has 0 aliphatic heterocycles. The summed E-state index contributed by atoms with van der Waals surface area (Å²) in [6, 6.07) is 14.4. The van der Waals surface area contributed by atoms with Gasteiger partial charge in [-0.25, -0.2) is 13.2 Å². The first-order valence-corrected chi connectivity index (χ1v) is 9.24. The first-order chi connectivity index (χ1) is 12.3. The number of carboxylic acid groups (broad SMARTS) is 1. The van der Waals surface area contributed by atoms with Gasteiger partial charge in [0.1, 0.15) is 5.75 Å². The minimum atomic E-state index is -3.93. The number of nitrogens with one attached hydrogen (secondary N) is 1. The van der Waals surface area contributed by atoms with Crippen molar-refractivity contribution in [3.05, 3.63) is 65.7 Å². The Kier molecular flexibility index (Phi) is 4.56. The number of carboxylic acids is 1. The monoisotopic (exact) mass is 371 g/mol. The number of fused-ring (bicyclic) bond motifs is 1. The minimum Gasteiger partial charge on any atom is -0.496 e. The number of benzene rings is 3. The van der Waals surface area contributed by atoms with Gasteiger partial charge in [0, 0.05) is 10.8 Å². The molecule has 0 amide bonds. The first-order valence-electron chi connectivity index (χ1n) is 7.76. The molecular formula is C19H17NO5S. The van der Waals surface area contributed by atoms with Gasteiger partial charge in [0.25, 0.3) is 10.0 Å². The molecule has 0 aliphatic rings. The molecular weight excluding hydrogens is 354 g/mol. The van der Waals surface area contributed by atoms with Gasteiger partial charge in [0.05, 0.1) is 23.3 Å². The standard InChI is InChI=1S/C19H17NO5S/c1-12-7-8-13(19(21)22)11-16(12)20-26(23,24)18-10-9-17(25-2)14-5-3-4-6-15(14)18/h3-11,20H,1-2H3,(H,21,22). The quantitative estimate of drug-likeness (QED) is 0.714. The van der Waals surface area contributed by atoms with Crippen molar-refractivity contribution in [1.29, 1.82) is 0 Å². The molecule has 0 aliphatic carbocycles. The molecule has 0 heterocycles. The lowest BCUT2D eigenvalue weighted by Gasteiger charge is -2.14. The predicted molar refractivity (Wildman–Crippen MR) is 99.4 cm³/mol. The van der Waals surface area contributed by atoms with E-state index in [9.17, 15) is 13.2 Å². The molecule has 3 aromatic carbocycles. The van der Waals surface area contributed by atoms with Crippen LogP contribution < -0.4 is 9.46 Å². The minimum absolute atomic E-state index is 0.00730. The van der Waals surface area contributed by atoms with Crippen molar-refractivity contribution in [1.82, 2.24) is 0 Å². The Morgan fingerprint density at radius 2 is 1.73 bits per heavy atom. The molecule has 0 unspecified atom stereocenters. The lowest BCUT2D eigenvalue weighted by atomic mass is 10.1. The van der Waals surface area contributed by atoms with Crippen molar-refractivity contribution in [2.45, 2.75) is 11.8 Å². The van der Waals surface area contributed by atoms with Crippen molar-refractivity contribution in [2.24, 2.45) is 0 Å². The molecule has 0 fully saturated rings. The van der Waals surface area contributed by atoms with Crippen molar-refractivity contribution in [3.8, 4) is 5.75 Å². The van der Waals surface area contributed by atoms with E-state index < -0.39 is 16.0 Å². The van der Waals surface area contributed by atoms with E-state index in [1.165, 1.54) is 25.3 Å². The topological polar surface area (TPSA) is 92.7 Å². The zero-order valence-corrected chi connectivity index (χ0v) is 15.0. The third kappa shape index (κ3) is 3.21. The number of sulfonamides is 1. The van der Waals surface area contributed by atoms with E-state index in [2.05, 4.69) is 4.72 Å². The number of methoxy groups -OCH3 is 1. The third-order valence-corrected chi connectivity index (χ3v) is 5.51. The van der Waals surface area contributed by atoms with Crippen LogP contribution in [0, 0.1) is 6.92 Å². The Labute approximate surface area is 151 Å². The van der Waals surface area contributed by atoms with E-state index in [-0.39, 0.29) is 16.1 Å². The van der Waals surface area contributed by atoms with Gasteiger partial charge in [0.2, 0.25) is 0 Å². The molecule has 0 bridgehead atoms. The number of aryl methyl sites for hydroxylation is 1. The Morgan fingerprint density at radius 1 is 1.04 bits per heavy atom. The van der Waals surface area contributed by atoms with Gasteiger partial charge in [0.15, 0.2) is 0 Å². The molecule has 0 spiro atoms. The van der Waals surface area contributed by atoms with Crippen LogP contribution in [0.15, 0.2) is 59.5 Å². The highest BCUT2D eigenvalue weighted by Gasteiger charge is 2.20. The van der Waals surface area contributed by atoms with Gasteiger partial charge in [-0.1, -0.05) is 30.3 Å². The second kappa shape index (κ2) is 6.68. The SMILES string of the molecule is COc1ccc(S(=O)(=O)Nc2cc(C(=O)O)ccc2C)c2ccccc12. The summed E-state index contributed by atoms with van der Waals surface area (Å²) < 4.78 is 33.7. The lowest BCUT2D eigenvalue weighted by Crippen LogP contribution is -2.15. The predicted octanol–water partition coefficient (Wildman–Crippen LogP) is 3.66. The van der Waals surface area contributed by atoms with Crippen molar-refractivity contribution < 1.29 is 23.1 Å². The van der Waals surface area contributed by atoms with E-state index in [1.807, 2.05) is 0 Å². The van der Waals surface area contributed by atoms with Crippen molar-refractivity contribution in [2.75, 3.05) is 11.8 Å². The maximum absolute atomic E-state index is 12.9. The van der Waals surface area contributed by atoms with Crippen LogP contribution in [0.4, 0.5) is 5.69 Å². The van der Waals surface area contributed by atoms with Gasteiger partial charge in [-0.2, -0.15) is 0 Å². The van der Waals surface area contributed by atoms with Crippen LogP contribution >= 0.6 is 0 Å². The summed E-state index contributed by atoms with van der Waals surface area (Å²) in [5.41, 5.74) is 0.856. The number of rotatable bonds is 5. The van der Waals surface area contributed by atoms with Gasteiger partial charge < -0.3 is 9.84 Å². The molecule has 0 saturated heterocycles. The maximum Gasteiger partial charge on any atom is 0.335 e. The van der Waals surface area contributed by atoms with Crippen LogP contribution in [0.25, 0.3) is 10.8 Å². The van der Waals surface area contributed by atoms with E-state index in [1.54, 1.807) is 43.3 Å². The maximum atomic E-state index is 12.9. The summed E-state index contributed by atoms with van der Waals surface area (Å²) in [5.74, 6) is -0.552. The van der Waals surface area contributed by atoms with E-state index in [4.69, 9.17) is 9.84 Å². The third-order valence-electron chi connectivity index (χ3n) is 4.08. The molecule has 7 heteroatoms. The van der Waals surface area contributed by atoms with Gasteiger partial charge in [-0.05, 0) is 36.8 Å². The Balaban J connectivity index is 2.12. The van der Waals surface area contributed by atoms with Gasteiger partial charge >= 0.3 is 5.97 Å². The van der Waals surface area contributed by atoms with Crippen molar-refractivity contribution in [3.63, 3.8) is 0 Å². The number of hydrogen-bond acceptors (Lipinski definition) is 4. The molecule has 6 nitrogen and oxygen atoms in total. The molecule has 0 saturated carbocycles. The van der Waals surface area contributed by atoms with E-state index in [0.29, 0.717) is 22.1 Å². The van der Waals surface area contributed by atoms with Gasteiger partial charge in [-0.3, -0.25) is 4.72 Å². The molecule has 0 aromatic heterocycles. The number of anilines is 1. The summed E-state index contributed by atoms with van der Waals surface area (Å²) in [6.07, 6.45) is 0. The Bertz CT molecular complexity index is 1110. The van der Waals surface area contributed by atoms with Crippen LogP contribution in [-0.2, 0) is 10.0 Å². The molecule has 134 valence electrons. The summed E-state index contributed by atoms with van der Waals surface area (Å²) in [7, 11) is -2.41. The summed E-state index contributed by atoms with van der Waals surface area (Å²) in [5, 5.41) is 10.3. The zero-order chi connectivity index (χ0) is 18.9. The van der Waals surface area contributed by atoms with Crippen LogP contribution in [0.2, 0.25) is 0 Å². The normalized spacial score (nSPS) is 11.3. The largest absolute Gasteiger partial charge is 0.496 e. The highest BCUT2D eigenvalue weighted by molar-refractivity contribution is 7.93. The van der Waals surface area contributed by atoms with Crippen LogP contribution in [0.5, 0.6) is 5.75 Å². The molecule has 0 atom stereocenters. The fourth-order valence-corrected chi connectivity index (χ4v) is 4.05. The van der Waals surface area contributed by atoms with Crippen LogP contribution in [-0.4, -0.2) is 26.6 Å². The lowest BCUT2D eigenvalue weighted by molar-refractivity contribution is 0.0697. The fourth-order valence-electron chi connectivity index (χ4n) is 2.72. The van der Waals surface area contributed by atoms with Crippen LogP contribution in [0.3, 0.4) is 0 Å². The molecule has 26 heavy (non-hydrogen) atoms. The average molecular weight is 371 g/mol. The fraction of sp³-hybridized carbons (Fsp3) is 0.105. The Hall–Kier alpha value is -3.06. The molecule has 0 radical (unpaired) electrons. The average Bonchev–Trinajstić information content (AvgIpc) is 2.62. The number of hydrogen-bond donors (Lipinski definition) is 2. The molecule has 3 rings (SSSR count). The van der Waals surface area contributed by atoms with Crippen molar-refractivity contribution >= 4 is 32.5 Å². The molecule has 2 N–H and O–H groups in total. The van der Waals surface area contributed by atoms with Crippen LogP contribution in [0.1, 0.15) is 15.9 Å². The van der Waals surface area contributed by atoms with Gasteiger partial charge in [-0.15, -0.1) is 0 Å². The highest BCUT2D eigenvalue weighted by atomic mass is 32.2. The first kappa shape index (κ1) is 17.8. The second-order valence-electron chi connectivity index (χ2n) is 5.75. The zero-order valence-electron chi connectivity index (χ0n) is 14.2. The smallest absolute Gasteiger partial charge is 0.335 e. The summed E-state index contributed by atoms with van der Waals surface area (Å²) in [4.78, 5) is 11.2. The van der Waals surface area contributed by atoms with E-state index >= 15 is 0 Å². The summed E-state index contributed by atoms with van der Waals surface area (Å²) >= 11 is 0. The highest BCUT2D eigenvalue weighted by Crippen LogP contribution is 2.32.